The Balaban J connectivity index is 2.33. The SMILES string of the molecule is NC(=O)C=CC(=O)n1c2ccc1cc2. The number of hydrogen-bond donors (Lipinski definition) is 1. The largest absolute Gasteiger partial charge is 0.366 e. The van der Waals surface area contributed by atoms with Crippen molar-refractivity contribution >= 4 is 22.8 Å². The van der Waals surface area contributed by atoms with E-state index in [1.165, 1.54) is 10.6 Å². The molecule has 4 heteroatoms. The highest BCUT2D eigenvalue weighted by Gasteiger charge is 2.08. The highest BCUT2D eigenvalue weighted by molar-refractivity contribution is 6.02. The number of allylic oxidation sites excluding steroid dienone is 1. The predicted molar refractivity (Wildman–Crippen MR) is 52.1 cm³/mol. The summed E-state index contributed by atoms with van der Waals surface area (Å²) in [4.78, 5) is 21.9. The van der Waals surface area contributed by atoms with Crippen molar-refractivity contribution in [2.75, 3.05) is 0 Å². The fraction of sp³-hybridized carbons (Fsp3) is 0. The van der Waals surface area contributed by atoms with Crippen molar-refractivity contribution in [1.29, 1.82) is 0 Å². The average molecular weight is 188 g/mol. The second kappa shape index (κ2) is 2.99. The smallest absolute Gasteiger partial charge is 0.255 e. The van der Waals surface area contributed by atoms with Crippen molar-refractivity contribution in [3.63, 3.8) is 0 Å². The third kappa shape index (κ3) is 1.26. The zero-order valence-corrected chi connectivity index (χ0v) is 7.31. The van der Waals surface area contributed by atoms with Gasteiger partial charge in [-0.15, -0.1) is 0 Å². The summed E-state index contributed by atoms with van der Waals surface area (Å²) in [6, 6.07) is 7.35. The van der Waals surface area contributed by atoms with E-state index in [1.54, 1.807) is 0 Å². The van der Waals surface area contributed by atoms with Gasteiger partial charge >= 0.3 is 0 Å². The van der Waals surface area contributed by atoms with Gasteiger partial charge in [0, 0.05) is 23.2 Å². The Morgan fingerprint density at radius 1 is 1.07 bits per heavy atom. The first kappa shape index (κ1) is 8.50. The van der Waals surface area contributed by atoms with Gasteiger partial charge < -0.3 is 5.73 Å². The van der Waals surface area contributed by atoms with E-state index in [0.717, 1.165) is 17.1 Å². The van der Waals surface area contributed by atoms with Crippen molar-refractivity contribution < 1.29 is 9.59 Å². The van der Waals surface area contributed by atoms with Crippen molar-refractivity contribution in [2.24, 2.45) is 5.73 Å². The standard InChI is InChI=1S/C10H8N2O2/c11-9(13)5-6-10(14)12-7-1-2-8(12)4-3-7/h1-6H,(H2,11,13). The van der Waals surface area contributed by atoms with E-state index in [2.05, 4.69) is 0 Å². The first-order valence-corrected chi connectivity index (χ1v) is 4.10. The molecule has 0 saturated heterocycles. The number of rotatable bonds is 2. The number of fused-ring (bicyclic) bond motifs is 2. The van der Waals surface area contributed by atoms with Gasteiger partial charge in [0.15, 0.2) is 0 Å². The summed E-state index contributed by atoms with van der Waals surface area (Å²) in [6.45, 7) is 0. The number of carbonyl (C=O) groups is 2. The van der Waals surface area contributed by atoms with Crippen molar-refractivity contribution in [1.82, 2.24) is 4.57 Å². The van der Waals surface area contributed by atoms with Crippen molar-refractivity contribution in [3.8, 4) is 0 Å². The number of primary amides is 1. The second-order valence-electron chi connectivity index (χ2n) is 2.93. The summed E-state index contributed by atoms with van der Waals surface area (Å²) in [6.07, 6.45) is 2.23. The molecule has 0 spiro atoms. The molecule has 1 amide bonds. The van der Waals surface area contributed by atoms with E-state index in [1.807, 2.05) is 24.3 Å². The summed E-state index contributed by atoms with van der Waals surface area (Å²) in [5.74, 6) is -0.885. The van der Waals surface area contributed by atoms with Crippen molar-refractivity contribution in [3.05, 3.63) is 36.4 Å². The molecule has 2 aromatic heterocycles. The van der Waals surface area contributed by atoms with Gasteiger partial charge in [-0.3, -0.25) is 14.2 Å². The Kier molecular flexibility index (Phi) is 1.81. The van der Waals surface area contributed by atoms with Crippen LogP contribution in [0.5, 0.6) is 0 Å². The van der Waals surface area contributed by atoms with Crippen LogP contribution in [0, 0.1) is 0 Å². The first-order chi connectivity index (χ1) is 6.68. The Labute approximate surface area is 79.9 Å². The molecule has 0 aromatic carbocycles. The molecule has 0 unspecified atom stereocenters. The molecule has 2 heterocycles. The predicted octanol–water partition coefficient (Wildman–Crippen LogP) is 0.761. The molecule has 4 nitrogen and oxygen atoms in total. The lowest BCUT2D eigenvalue weighted by Crippen LogP contribution is -2.09. The zero-order chi connectivity index (χ0) is 10.1. The third-order valence-corrected chi connectivity index (χ3v) is 1.98. The maximum atomic E-state index is 11.5. The molecule has 0 aliphatic carbocycles. The molecule has 0 fully saturated rings. The van der Waals surface area contributed by atoms with Gasteiger partial charge in [-0.25, -0.2) is 0 Å². The summed E-state index contributed by atoms with van der Waals surface area (Å²) >= 11 is 0. The van der Waals surface area contributed by atoms with Crippen LogP contribution in [-0.4, -0.2) is 16.4 Å². The van der Waals surface area contributed by atoms with Crippen LogP contribution in [0.15, 0.2) is 36.4 Å². The second-order valence-corrected chi connectivity index (χ2v) is 2.93. The summed E-state index contributed by atoms with van der Waals surface area (Å²) in [5.41, 5.74) is 6.52. The van der Waals surface area contributed by atoms with Gasteiger partial charge in [-0.2, -0.15) is 0 Å². The van der Waals surface area contributed by atoms with Gasteiger partial charge in [0.2, 0.25) is 5.91 Å². The molecule has 2 N–H and O–H groups in total. The lowest BCUT2D eigenvalue weighted by Gasteiger charge is -1.95. The summed E-state index contributed by atoms with van der Waals surface area (Å²) in [7, 11) is 0. The Morgan fingerprint density at radius 3 is 2.00 bits per heavy atom. The van der Waals surface area contributed by atoms with E-state index < -0.39 is 5.91 Å². The van der Waals surface area contributed by atoms with Crippen LogP contribution in [0.1, 0.15) is 4.79 Å². The lowest BCUT2D eigenvalue weighted by molar-refractivity contribution is -0.113. The number of amides is 1. The lowest BCUT2D eigenvalue weighted by atomic mass is 10.4. The molecule has 14 heavy (non-hydrogen) atoms. The Bertz CT molecular complexity index is 462. The van der Waals surface area contributed by atoms with Crippen molar-refractivity contribution in [2.45, 2.75) is 0 Å². The summed E-state index contributed by atoms with van der Waals surface area (Å²) < 4.78 is 1.51. The van der Waals surface area contributed by atoms with Gasteiger partial charge in [-0.1, -0.05) is 0 Å². The minimum Gasteiger partial charge on any atom is -0.366 e. The van der Waals surface area contributed by atoms with Crippen LogP contribution in [0.4, 0.5) is 0 Å². The van der Waals surface area contributed by atoms with Crippen LogP contribution in [0.2, 0.25) is 0 Å². The third-order valence-electron chi connectivity index (χ3n) is 1.98. The molecule has 0 aliphatic rings. The fourth-order valence-electron chi connectivity index (χ4n) is 1.38. The Hall–Kier alpha value is -2.10. The summed E-state index contributed by atoms with van der Waals surface area (Å²) in [5, 5.41) is 0. The topological polar surface area (TPSA) is 65.1 Å². The van der Waals surface area contributed by atoms with Crippen LogP contribution in [0.3, 0.4) is 0 Å². The molecule has 70 valence electrons. The number of benzene rings is 1. The molecular formula is C10H8N2O2. The normalized spacial score (nSPS) is 11.4. The highest BCUT2D eigenvalue weighted by Crippen LogP contribution is 2.16. The number of carbonyl (C=O) groups excluding carboxylic acids is 2. The highest BCUT2D eigenvalue weighted by atomic mass is 16.2. The van der Waals surface area contributed by atoms with E-state index in [0.29, 0.717) is 0 Å². The fourth-order valence-corrected chi connectivity index (χ4v) is 1.38. The maximum Gasteiger partial charge on any atom is 0.255 e. The van der Waals surface area contributed by atoms with Gasteiger partial charge in [0.25, 0.3) is 5.91 Å². The van der Waals surface area contributed by atoms with E-state index >= 15 is 0 Å². The average Bonchev–Trinajstić information content (AvgIpc) is 2.73. The number of aromatic nitrogens is 1. The van der Waals surface area contributed by atoms with E-state index in [9.17, 15) is 9.59 Å². The Morgan fingerprint density at radius 2 is 1.57 bits per heavy atom. The molecule has 0 saturated carbocycles. The van der Waals surface area contributed by atoms with Gasteiger partial charge in [0.05, 0.1) is 0 Å². The van der Waals surface area contributed by atoms with Crippen LogP contribution < -0.4 is 5.73 Å². The zero-order valence-electron chi connectivity index (χ0n) is 7.31. The van der Waals surface area contributed by atoms with E-state index in [4.69, 9.17) is 5.73 Å². The first-order valence-electron chi connectivity index (χ1n) is 4.10. The number of nitrogens with two attached hydrogens (primary N) is 1. The maximum absolute atomic E-state index is 11.5. The van der Waals surface area contributed by atoms with Gasteiger partial charge in [0.1, 0.15) is 0 Å². The quantitative estimate of drug-likeness (QED) is 0.707. The molecular weight excluding hydrogens is 180 g/mol. The van der Waals surface area contributed by atoms with Crippen LogP contribution >= 0.6 is 0 Å². The molecule has 2 aromatic rings. The monoisotopic (exact) mass is 188 g/mol. The molecule has 2 rings (SSSR count). The van der Waals surface area contributed by atoms with Gasteiger partial charge in [-0.05, 0) is 24.3 Å². The molecule has 0 radical (unpaired) electrons. The minimum absolute atomic E-state index is 0.260. The number of hydrogen-bond acceptors (Lipinski definition) is 2. The van der Waals surface area contributed by atoms with Crippen LogP contribution in [0.25, 0.3) is 11.0 Å². The number of nitrogens with zero attached hydrogens (tertiary/aromatic N) is 1. The molecule has 2 bridgehead atoms. The minimum atomic E-state index is -0.624. The molecule has 0 atom stereocenters. The van der Waals surface area contributed by atoms with E-state index in [-0.39, 0.29) is 5.91 Å². The molecule has 0 aliphatic heterocycles. The van der Waals surface area contributed by atoms with Crippen LogP contribution in [-0.2, 0) is 4.79 Å².